The summed E-state index contributed by atoms with van der Waals surface area (Å²) in [4.78, 5) is 24.5. The summed E-state index contributed by atoms with van der Waals surface area (Å²) in [6.07, 6.45) is -3.36. The molecule has 4 nitrogen and oxygen atoms in total. The predicted octanol–water partition coefficient (Wildman–Crippen LogP) is 2.64. The Morgan fingerprint density at radius 3 is 2.33 bits per heavy atom. The average Bonchev–Trinajstić information content (AvgIpc) is 2.46. The molecule has 1 atom stereocenters. The molecule has 1 amide bonds. The Morgan fingerprint density at radius 1 is 1.19 bits per heavy atom. The van der Waals surface area contributed by atoms with Gasteiger partial charge in [-0.15, -0.1) is 0 Å². The lowest BCUT2D eigenvalue weighted by molar-refractivity contribution is -0.143. The van der Waals surface area contributed by atoms with Gasteiger partial charge in [0.15, 0.2) is 0 Å². The Kier molecular flexibility index (Phi) is 4.20. The van der Waals surface area contributed by atoms with Crippen molar-refractivity contribution in [1.82, 2.24) is 4.90 Å². The van der Waals surface area contributed by atoms with Crippen molar-refractivity contribution in [3.05, 3.63) is 35.4 Å². The Labute approximate surface area is 119 Å². The van der Waals surface area contributed by atoms with Gasteiger partial charge in [0, 0.05) is 18.7 Å². The number of amides is 1. The van der Waals surface area contributed by atoms with Crippen LogP contribution < -0.4 is 0 Å². The number of hydrogen-bond acceptors (Lipinski definition) is 2. The van der Waals surface area contributed by atoms with Gasteiger partial charge in [-0.1, -0.05) is 0 Å². The van der Waals surface area contributed by atoms with Crippen molar-refractivity contribution in [1.29, 1.82) is 0 Å². The van der Waals surface area contributed by atoms with Crippen LogP contribution in [0.3, 0.4) is 0 Å². The van der Waals surface area contributed by atoms with Gasteiger partial charge in [-0.05, 0) is 37.1 Å². The van der Waals surface area contributed by atoms with Gasteiger partial charge in [-0.3, -0.25) is 9.59 Å². The molecular formula is C14H14F3NO3. The van der Waals surface area contributed by atoms with Gasteiger partial charge in [0.05, 0.1) is 11.5 Å². The highest BCUT2D eigenvalue weighted by molar-refractivity contribution is 5.94. The molecule has 1 aromatic rings. The normalized spacial score (nSPS) is 19.4. The van der Waals surface area contributed by atoms with Gasteiger partial charge in [-0.2, -0.15) is 13.2 Å². The van der Waals surface area contributed by atoms with Gasteiger partial charge in [0.25, 0.3) is 5.91 Å². The molecule has 0 aromatic heterocycles. The Hall–Kier alpha value is -2.05. The smallest absolute Gasteiger partial charge is 0.416 e. The van der Waals surface area contributed by atoms with Crippen molar-refractivity contribution in [2.24, 2.45) is 5.92 Å². The third kappa shape index (κ3) is 3.53. The molecule has 1 aliphatic heterocycles. The first-order valence-electron chi connectivity index (χ1n) is 6.48. The summed E-state index contributed by atoms with van der Waals surface area (Å²) in [6.45, 7) is 0.513. The third-order valence-electron chi connectivity index (χ3n) is 3.52. The minimum atomic E-state index is -4.44. The first kappa shape index (κ1) is 15.3. The molecule has 1 fully saturated rings. The molecule has 1 saturated heterocycles. The summed E-state index contributed by atoms with van der Waals surface area (Å²) < 4.78 is 37.4. The van der Waals surface area contributed by atoms with Crippen molar-refractivity contribution < 1.29 is 27.9 Å². The third-order valence-corrected chi connectivity index (χ3v) is 3.52. The summed E-state index contributed by atoms with van der Waals surface area (Å²) >= 11 is 0. The Balaban J connectivity index is 2.11. The summed E-state index contributed by atoms with van der Waals surface area (Å²) in [5.41, 5.74) is -0.685. The SMILES string of the molecule is O=C(O)C1CCCN(C(=O)c2ccc(C(F)(F)F)cc2)C1. The van der Waals surface area contributed by atoms with Crippen molar-refractivity contribution in [2.75, 3.05) is 13.1 Å². The molecule has 0 radical (unpaired) electrons. The van der Waals surface area contributed by atoms with E-state index in [1.807, 2.05) is 0 Å². The van der Waals surface area contributed by atoms with E-state index in [0.29, 0.717) is 19.4 Å². The minimum absolute atomic E-state index is 0.0924. The zero-order chi connectivity index (χ0) is 15.6. The van der Waals surface area contributed by atoms with E-state index in [9.17, 15) is 22.8 Å². The average molecular weight is 301 g/mol. The molecule has 0 spiro atoms. The number of halogens is 3. The second kappa shape index (κ2) is 5.75. The number of alkyl halides is 3. The van der Waals surface area contributed by atoms with Crippen LogP contribution in [-0.4, -0.2) is 35.0 Å². The van der Waals surface area contributed by atoms with E-state index in [2.05, 4.69) is 0 Å². The second-order valence-electron chi connectivity index (χ2n) is 5.00. The van der Waals surface area contributed by atoms with Gasteiger partial charge in [0.2, 0.25) is 0 Å². The van der Waals surface area contributed by atoms with Crippen LogP contribution in [0.15, 0.2) is 24.3 Å². The van der Waals surface area contributed by atoms with Crippen LogP contribution in [0, 0.1) is 5.92 Å². The van der Waals surface area contributed by atoms with E-state index in [0.717, 1.165) is 24.3 Å². The number of nitrogens with zero attached hydrogens (tertiary/aromatic N) is 1. The fourth-order valence-corrected chi connectivity index (χ4v) is 2.35. The lowest BCUT2D eigenvalue weighted by atomic mass is 9.97. The van der Waals surface area contributed by atoms with E-state index in [-0.39, 0.29) is 12.1 Å². The highest BCUT2D eigenvalue weighted by Crippen LogP contribution is 2.29. The van der Waals surface area contributed by atoms with Crippen LogP contribution in [0.4, 0.5) is 13.2 Å². The van der Waals surface area contributed by atoms with Crippen LogP contribution in [0.1, 0.15) is 28.8 Å². The molecule has 7 heteroatoms. The summed E-state index contributed by atoms with van der Waals surface area (Å²) in [7, 11) is 0. The maximum atomic E-state index is 12.5. The number of rotatable bonds is 2. The lowest BCUT2D eigenvalue weighted by Crippen LogP contribution is -2.42. The lowest BCUT2D eigenvalue weighted by Gasteiger charge is -2.30. The van der Waals surface area contributed by atoms with Crippen LogP contribution >= 0.6 is 0 Å². The molecule has 114 valence electrons. The van der Waals surface area contributed by atoms with Crippen molar-refractivity contribution >= 4 is 11.9 Å². The van der Waals surface area contributed by atoms with Gasteiger partial charge >= 0.3 is 12.1 Å². The molecule has 2 rings (SSSR count). The first-order chi connectivity index (χ1) is 9.79. The summed E-state index contributed by atoms with van der Waals surface area (Å²) in [5.74, 6) is -2.01. The maximum Gasteiger partial charge on any atom is 0.416 e. The van der Waals surface area contributed by atoms with Crippen molar-refractivity contribution in [3.8, 4) is 0 Å². The summed E-state index contributed by atoms with van der Waals surface area (Å²) in [5, 5.41) is 8.97. The molecule has 0 saturated carbocycles. The number of benzene rings is 1. The quantitative estimate of drug-likeness (QED) is 0.913. The highest BCUT2D eigenvalue weighted by Gasteiger charge is 2.31. The molecule has 1 aliphatic rings. The molecule has 0 bridgehead atoms. The fraction of sp³-hybridized carbons (Fsp3) is 0.429. The molecule has 1 N–H and O–H groups in total. The molecule has 0 aliphatic carbocycles. The molecular weight excluding hydrogens is 287 g/mol. The summed E-state index contributed by atoms with van der Waals surface area (Å²) in [6, 6.07) is 3.95. The van der Waals surface area contributed by atoms with Crippen molar-refractivity contribution in [3.63, 3.8) is 0 Å². The van der Waals surface area contributed by atoms with E-state index >= 15 is 0 Å². The van der Waals surface area contributed by atoms with Gasteiger partial charge in [-0.25, -0.2) is 0 Å². The van der Waals surface area contributed by atoms with Gasteiger partial charge in [0.1, 0.15) is 0 Å². The number of carbonyl (C=O) groups is 2. The number of carboxylic acid groups (broad SMARTS) is 1. The highest BCUT2D eigenvalue weighted by atomic mass is 19.4. The maximum absolute atomic E-state index is 12.5. The fourth-order valence-electron chi connectivity index (χ4n) is 2.35. The molecule has 1 aromatic carbocycles. The monoisotopic (exact) mass is 301 g/mol. The number of aliphatic carboxylic acids is 1. The number of carbonyl (C=O) groups excluding carboxylic acids is 1. The van der Waals surface area contributed by atoms with E-state index in [1.54, 1.807) is 0 Å². The van der Waals surface area contributed by atoms with Crippen LogP contribution in [0.2, 0.25) is 0 Å². The molecule has 1 heterocycles. The zero-order valence-electron chi connectivity index (χ0n) is 11.1. The Bertz CT molecular complexity index is 539. The minimum Gasteiger partial charge on any atom is -0.481 e. The number of likely N-dealkylation sites (tertiary alicyclic amines) is 1. The zero-order valence-corrected chi connectivity index (χ0v) is 11.1. The van der Waals surface area contributed by atoms with Crippen molar-refractivity contribution in [2.45, 2.75) is 19.0 Å². The van der Waals surface area contributed by atoms with Crippen LogP contribution in [-0.2, 0) is 11.0 Å². The standard InChI is InChI=1S/C14H14F3NO3/c15-14(16,17)11-5-3-9(4-6-11)12(19)18-7-1-2-10(8-18)13(20)21/h3-6,10H,1-2,7-8H2,(H,20,21). The van der Waals surface area contributed by atoms with E-state index in [1.165, 1.54) is 4.90 Å². The number of carboxylic acids is 1. The second-order valence-corrected chi connectivity index (χ2v) is 5.00. The largest absolute Gasteiger partial charge is 0.481 e. The molecule has 21 heavy (non-hydrogen) atoms. The first-order valence-corrected chi connectivity index (χ1v) is 6.48. The number of piperidine rings is 1. The van der Waals surface area contributed by atoms with E-state index in [4.69, 9.17) is 5.11 Å². The van der Waals surface area contributed by atoms with Gasteiger partial charge < -0.3 is 10.0 Å². The van der Waals surface area contributed by atoms with Crippen LogP contribution in [0.25, 0.3) is 0 Å². The predicted molar refractivity (Wildman–Crippen MR) is 67.7 cm³/mol. The number of hydrogen-bond donors (Lipinski definition) is 1. The topological polar surface area (TPSA) is 57.6 Å². The Morgan fingerprint density at radius 2 is 1.81 bits per heavy atom. The van der Waals surface area contributed by atoms with E-state index < -0.39 is 29.5 Å². The molecule has 1 unspecified atom stereocenters. The van der Waals surface area contributed by atoms with Crippen LogP contribution in [0.5, 0.6) is 0 Å².